The van der Waals surface area contributed by atoms with Crippen LogP contribution in [0.25, 0.3) is 0 Å². The zero-order valence-corrected chi connectivity index (χ0v) is 46.1. The number of nitrogens with one attached hydrogen (secondary N) is 3. The highest BCUT2D eigenvalue weighted by atomic mass is 32.2. The maximum Gasteiger partial charge on any atom is 0.415 e. The van der Waals surface area contributed by atoms with Crippen molar-refractivity contribution >= 4 is 76.6 Å². The van der Waals surface area contributed by atoms with Gasteiger partial charge in [-0.3, -0.25) is 43.5 Å². The van der Waals surface area contributed by atoms with Crippen molar-refractivity contribution in [1.29, 1.82) is 0 Å². The fourth-order valence-corrected chi connectivity index (χ4v) is 10.7. The lowest BCUT2D eigenvalue weighted by molar-refractivity contribution is -0.197. The molecule has 416 valence electrons. The molecule has 0 spiro atoms. The standard InChI is InChI=1S/C55H69N11O11S/c1-8-64(54(74)76-29-36-14-16-39(17-15-36)58-51(71)35(5)57-52(72)50(33(2)3)60-46(67)12-9-13-49(70)77-66-47(68)18-19-48(66)69)43-23-38(55(30-75-31-55)25-45-61-56-32-62(45)6)24-44(59-43)65-28-41-40(53(65)73)21-37(22-42(41)78-7)27-63-20-10-11-34(4)26-63/h14-17,21-24,32-35,50H,8-13,18-20,25-31H2,1-7H3,(H,57,72)(H,58,71)(H,60,67)/t34-,35-,50-/m0/s1. The number of hydrogen-bond donors (Lipinski definition) is 3. The molecule has 4 aromatic rings. The highest BCUT2D eigenvalue weighted by molar-refractivity contribution is 7.98. The Labute approximate surface area is 457 Å². The number of imide groups is 1. The number of amides is 7. The summed E-state index contributed by atoms with van der Waals surface area (Å²) in [6, 6.07) is 12.7. The van der Waals surface area contributed by atoms with Gasteiger partial charge in [0.05, 0.1) is 19.8 Å². The molecule has 3 saturated heterocycles. The van der Waals surface area contributed by atoms with E-state index in [9.17, 15) is 38.4 Å². The average molecular weight is 1090 g/mol. The molecular weight excluding hydrogens is 1020 g/mol. The molecule has 0 unspecified atom stereocenters. The van der Waals surface area contributed by atoms with Crippen LogP contribution in [0.4, 0.5) is 22.1 Å². The van der Waals surface area contributed by atoms with Crippen LogP contribution in [-0.2, 0) is 81.7 Å². The number of carbonyl (C=O) groups is 8. The van der Waals surface area contributed by atoms with E-state index >= 15 is 0 Å². The molecule has 3 fully saturated rings. The third-order valence-corrected chi connectivity index (χ3v) is 15.4. The lowest BCUT2D eigenvalue weighted by Gasteiger charge is -2.42. The molecule has 0 saturated carbocycles. The molecule has 3 N–H and O–H groups in total. The van der Waals surface area contributed by atoms with Crippen LogP contribution in [0.2, 0.25) is 0 Å². The largest absolute Gasteiger partial charge is 0.444 e. The molecule has 8 rings (SSSR count). The lowest BCUT2D eigenvalue weighted by Crippen LogP contribution is -2.53. The minimum Gasteiger partial charge on any atom is -0.444 e. The van der Waals surface area contributed by atoms with Gasteiger partial charge in [-0.2, -0.15) is 0 Å². The van der Waals surface area contributed by atoms with Crippen molar-refractivity contribution in [2.75, 3.05) is 54.2 Å². The van der Waals surface area contributed by atoms with Crippen molar-refractivity contribution in [1.82, 2.24) is 40.3 Å². The van der Waals surface area contributed by atoms with Gasteiger partial charge >= 0.3 is 12.1 Å². The molecule has 2 aromatic heterocycles. The smallest absolute Gasteiger partial charge is 0.415 e. The first kappa shape index (κ1) is 56.9. The normalized spacial score (nSPS) is 17.8. The van der Waals surface area contributed by atoms with Gasteiger partial charge in [0.25, 0.3) is 17.7 Å². The Kier molecular flexibility index (Phi) is 18.3. The Morgan fingerprint density at radius 3 is 2.33 bits per heavy atom. The quantitative estimate of drug-likeness (QED) is 0.0661. The van der Waals surface area contributed by atoms with Crippen LogP contribution in [-0.4, -0.2) is 128 Å². The van der Waals surface area contributed by atoms with Crippen molar-refractivity contribution in [2.45, 2.75) is 128 Å². The Morgan fingerprint density at radius 1 is 0.949 bits per heavy atom. The number of benzene rings is 2. The SMILES string of the molecule is CCN(C(=O)OCc1ccc(NC(=O)[C@H](C)NC(=O)[C@@H](NC(=O)CCCC(=O)ON2C(=O)CCC2=O)C(C)C)cc1)c1cc(C2(Cc3nncn3C)COC2)cc(N2Cc3c(SC)cc(CN4CCC[C@H](C)C4)cc3C2=O)n1. The lowest BCUT2D eigenvalue weighted by atomic mass is 9.75. The van der Waals surface area contributed by atoms with Gasteiger partial charge in [0.1, 0.15) is 42.5 Å². The zero-order valence-electron chi connectivity index (χ0n) is 45.3. The fraction of sp³-hybridized carbons (Fsp3) is 0.509. The van der Waals surface area contributed by atoms with Crippen molar-refractivity contribution in [3.63, 3.8) is 0 Å². The Balaban J connectivity index is 0.896. The van der Waals surface area contributed by atoms with Crippen LogP contribution >= 0.6 is 11.8 Å². The van der Waals surface area contributed by atoms with E-state index in [1.54, 1.807) is 61.1 Å². The maximum absolute atomic E-state index is 14.6. The summed E-state index contributed by atoms with van der Waals surface area (Å²) in [6.45, 7) is 13.1. The maximum atomic E-state index is 14.6. The second-order valence-electron chi connectivity index (χ2n) is 21.0. The van der Waals surface area contributed by atoms with E-state index < -0.39 is 59.1 Å². The highest BCUT2D eigenvalue weighted by Crippen LogP contribution is 2.41. The number of thioether (sulfide) groups is 1. The molecule has 6 heterocycles. The molecule has 4 aliphatic heterocycles. The van der Waals surface area contributed by atoms with Gasteiger partial charge in [-0.15, -0.1) is 27.0 Å². The summed E-state index contributed by atoms with van der Waals surface area (Å²) in [7, 11) is 1.89. The van der Waals surface area contributed by atoms with E-state index in [0.29, 0.717) is 65.6 Å². The molecular formula is C55H69N11O11S. The van der Waals surface area contributed by atoms with Crippen LogP contribution in [0.1, 0.15) is 118 Å². The second-order valence-corrected chi connectivity index (χ2v) is 21.8. The number of ether oxygens (including phenoxy) is 2. The fourth-order valence-electron chi connectivity index (χ4n) is 10.0. The Morgan fingerprint density at radius 2 is 1.69 bits per heavy atom. The van der Waals surface area contributed by atoms with E-state index in [1.165, 1.54) is 18.2 Å². The van der Waals surface area contributed by atoms with Gasteiger partial charge < -0.3 is 34.8 Å². The third kappa shape index (κ3) is 13.4. The average Bonchev–Trinajstić information content (AvgIpc) is 4.16. The molecule has 4 aliphatic rings. The molecule has 0 aliphatic carbocycles. The molecule has 78 heavy (non-hydrogen) atoms. The summed E-state index contributed by atoms with van der Waals surface area (Å²) in [5.74, 6) is -2.10. The summed E-state index contributed by atoms with van der Waals surface area (Å²) in [5.41, 5.74) is 4.03. The van der Waals surface area contributed by atoms with Crippen LogP contribution in [0.5, 0.6) is 0 Å². The topological polar surface area (TPSA) is 257 Å². The predicted octanol–water partition coefficient (Wildman–Crippen LogP) is 5.36. The third-order valence-electron chi connectivity index (χ3n) is 14.6. The number of piperidine rings is 1. The van der Waals surface area contributed by atoms with Crippen molar-refractivity contribution < 1.29 is 52.7 Å². The first-order valence-electron chi connectivity index (χ1n) is 26.5. The van der Waals surface area contributed by atoms with Gasteiger partial charge in [-0.05, 0) is 116 Å². The number of hydroxylamine groups is 2. The molecule has 0 radical (unpaired) electrons. The number of nitrogens with zero attached hydrogens (tertiary/aromatic N) is 8. The molecule has 23 heteroatoms. The first-order chi connectivity index (χ1) is 37.3. The summed E-state index contributed by atoms with van der Waals surface area (Å²) < 4.78 is 13.6. The number of fused-ring (bicyclic) bond motifs is 1. The summed E-state index contributed by atoms with van der Waals surface area (Å²) >= 11 is 1.62. The molecule has 3 atom stereocenters. The minimum absolute atomic E-state index is 0.0361. The Hall–Kier alpha value is -7.24. The number of hydrogen-bond acceptors (Lipinski definition) is 16. The van der Waals surface area contributed by atoms with Gasteiger partial charge in [0.15, 0.2) is 0 Å². The van der Waals surface area contributed by atoms with E-state index in [2.05, 4.69) is 44.0 Å². The van der Waals surface area contributed by atoms with E-state index in [0.717, 1.165) is 53.5 Å². The van der Waals surface area contributed by atoms with Gasteiger partial charge in [0, 0.05) is 80.3 Å². The number of aryl methyl sites for hydroxylation is 1. The molecule has 0 bridgehead atoms. The van der Waals surface area contributed by atoms with E-state index in [4.69, 9.17) is 19.3 Å². The van der Waals surface area contributed by atoms with Crippen LogP contribution in [0, 0.1) is 11.8 Å². The number of aromatic nitrogens is 4. The van der Waals surface area contributed by atoms with Crippen molar-refractivity contribution in [3.05, 3.63) is 88.5 Å². The molecule has 2 aromatic carbocycles. The zero-order chi connectivity index (χ0) is 55.8. The van der Waals surface area contributed by atoms with Gasteiger partial charge in [-0.25, -0.2) is 14.6 Å². The van der Waals surface area contributed by atoms with Crippen LogP contribution in [0.3, 0.4) is 0 Å². The second kappa shape index (κ2) is 25.0. The van der Waals surface area contributed by atoms with Gasteiger partial charge in [-0.1, -0.05) is 32.9 Å². The number of rotatable bonds is 22. The molecule has 7 amide bonds. The van der Waals surface area contributed by atoms with Crippen LogP contribution < -0.4 is 25.8 Å². The highest BCUT2D eigenvalue weighted by Gasteiger charge is 2.44. The number of likely N-dealkylation sites (tertiary alicyclic amines) is 1. The first-order valence-corrected chi connectivity index (χ1v) is 27.7. The minimum atomic E-state index is -1.01. The van der Waals surface area contributed by atoms with Crippen LogP contribution in [0.15, 0.2) is 59.8 Å². The van der Waals surface area contributed by atoms with Gasteiger partial charge in [0.2, 0.25) is 17.7 Å². The summed E-state index contributed by atoms with van der Waals surface area (Å²) in [6.07, 6.45) is 5.49. The van der Waals surface area contributed by atoms with Crippen molar-refractivity contribution in [2.24, 2.45) is 18.9 Å². The van der Waals surface area contributed by atoms with Crippen molar-refractivity contribution in [3.8, 4) is 0 Å². The van der Waals surface area contributed by atoms with E-state index in [1.807, 2.05) is 43.0 Å². The number of anilines is 3. The monoisotopic (exact) mass is 1090 g/mol. The number of pyridine rings is 1. The summed E-state index contributed by atoms with van der Waals surface area (Å²) in [5, 5.41) is 17.0. The predicted molar refractivity (Wildman–Crippen MR) is 288 cm³/mol. The Bertz CT molecular complexity index is 2910. The summed E-state index contributed by atoms with van der Waals surface area (Å²) in [4.78, 5) is 120. The van der Waals surface area contributed by atoms with E-state index in [-0.39, 0.29) is 57.1 Å². The molecule has 22 nitrogen and oxygen atoms in total. The number of carbonyl (C=O) groups excluding carboxylic acids is 8.